The fourth-order valence-corrected chi connectivity index (χ4v) is 2.42. The van der Waals surface area contributed by atoms with Gasteiger partial charge in [-0.05, 0) is 23.6 Å². The van der Waals surface area contributed by atoms with Crippen LogP contribution in [0.15, 0.2) is 41.8 Å². The highest BCUT2D eigenvalue weighted by Gasteiger charge is 2.12. The molecule has 1 aromatic heterocycles. The van der Waals surface area contributed by atoms with Gasteiger partial charge in [-0.1, -0.05) is 29.8 Å². The topological polar surface area (TPSA) is 84.5 Å². The Morgan fingerprint density at radius 1 is 1.13 bits per heavy atom. The Morgan fingerprint density at radius 2 is 1.91 bits per heavy atom. The van der Waals surface area contributed by atoms with Crippen LogP contribution in [0.2, 0.25) is 5.02 Å². The molecule has 0 unspecified atom stereocenters. The van der Waals surface area contributed by atoms with E-state index in [4.69, 9.17) is 16.3 Å². The molecule has 1 heterocycles. The monoisotopic (exact) mass is 352 g/mol. The molecule has 2 rings (SSSR count). The number of para-hydroxylation sites is 1. The van der Waals surface area contributed by atoms with Crippen molar-refractivity contribution in [2.75, 3.05) is 18.5 Å². The first-order valence-electron chi connectivity index (χ1n) is 6.58. The number of halogens is 1. The summed E-state index contributed by atoms with van der Waals surface area (Å²) in [6.45, 7) is -0.769. The standard InChI is InChI=1S/C15H13ClN2O4S/c16-10-4-1-2-5-11(10)18-13(19)9-22-14(20)8-17-15(21)12-6-3-7-23-12/h1-7H,8-9H2,(H,17,21)(H,18,19). The van der Waals surface area contributed by atoms with Crippen LogP contribution in [0.1, 0.15) is 9.67 Å². The molecule has 23 heavy (non-hydrogen) atoms. The molecule has 0 saturated heterocycles. The smallest absolute Gasteiger partial charge is 0.325 e. The van der Waals surface area contributed by atoms with Crippen molar-refractivity contribution >= 4 is 46.4 Å². The van der Waals surface area contributed by atoms with Gasteiger partial charge >= 0.3 is 5.97 Å². The molecule has 2 N–H and O–H groups in total. The molecule has 0 radical (unpaired) electrons. The Morgan fingerprint density at radius 3 is 2.61 bits per heavy atom. The molecule has 2 aromatic rings. The summed E-state index contributed by atoms with van der Waals surface area (Å²) in [5.41, 5.74) is 0.432. The van der Waals surface area contributed by atoms with Gasteiger partial charge in [-0.15, -0.1) is 11.3 Å². The molecule has 0 spiro atoms. The number of hydrogen-bond donors (Lipinski definition) is 2. The third-order valence-corrected chi connectivity index (χ3v) is 3.85. The van der Waals surface area contributed by atoms with Gasteiger partial charge in [-0.2, -0.15) is 0 Å². The Labute approximate surface area is 141 Å². The number of thiophene rings is 1. The van der Waals surface area contributed by atoms with Crippen LogP contribution in [0, 0.1) is 0 Å². The van der Waals surface area contributed by atoms with Crippen molar-refractivity contribution in [3.8, 4) is 0 Å². The van der Waals surface area contributed by atoms with E-state index in [0.717, 1.165) is 0 Å². The van der Waals surface area contributed by atoms with E-state index in [0.29, 0.717) is 15.6 Å². The number of esters is 1. The van der Waals surface area contributed by atoms with Crippen molar-refractivity contribution in [2.45, 2.75) is 0 Å². The molecule has 0 aliphatic heterocycles. The highest BCUT2D eigenvalue weighted by molar-refractivity contribution is 7.12. The van der Waals surface area contributed by atoms with E-state index >= 15 is 0 Å². The minimum absolute atomic E-state index is 0.309. The zero-order chi connectivity index (χ0) is 16.7. The second-order valence-corrected chi connectivity index (χ2v) is 5.70. The van der Waals surface area contributed by atoms with E-state index in [2.05, 4.69) is 10.6 Å². The lowest BCUT2D eigenvalue weighted by atomic mass is 10.3. The van der Waals surface area contributed by atoms with E-state index in [1.54, 1.807) is 41.8 Å². The van der Waals surface area contributed by atoms with Crippen LogP contribution < -0.4 is 10.6 Å². The van der Waals surface area contributed by atoms with Gasteiger partial charge in [0, 0.05) is 0 Å². The average Bonchev–Trinajstić information content (AvgIpc) is 3.07. The number of amides is 2. The maximum Gasteiger partial charge on any atom is 0.325 e. The van der Waals surface area contributed by atoms with Crippen LogP contribution in [0.5, 0.6) is 0 Å². The van der Waals surface area contributed by atoms with E-state index in [9.17, 15) is 14.4 Å². The lowest BCUT2D eigenvalue weighted by Crippen LogP contribution is -2.31. The van der Waals surface area contributed by atoms with Gasteiger partial charge in [0.1, 0.15) is 6.54 Å². The largest absolute Gasteiger partial charge is 0.454 e. The molecule has 8 heteroatoms. The third-order valence-electron chi connectivity index (χ3n) is 2.65. The predicted molar refractivity (Wildman–Crippen MR) is 87.7 cm³/mol. The van der Waals surface area contributed by atoms with Gasteiger partial charge in [-0.3, -0.25) is 14.4 Å². The molecule has 0 atom stereocenters. The zero-order valence-electron chi connectivity index (χ0n) is 11.9. The first-order valence-corrected chi connectivity index (χ1v) is 7.83. The molecule has 1 aromatic carbocycles. The van der Waals surface area contributed by atoms with E-state index in [-0.39, 0.29) is 12.5 Å². The normalized spacial score (nSPS) is 9.96. The van der Waals surface area contributed by atoms with Crippen molar-refractivity contribution in [3.63, 3.8) is 0 Å². The molecule has 2 amide bonds. The molecule has 0 saturated carbocycles. The number of ether oxygens (including phenoxy) is 1. The number of carbonyl (C=O) groups is 3. The first kappa shape index (κ1) is 17.0. The lowest BCUT2D eigenvalue weighted by Gasteiger charge is -2.08. The highest BCUT2D eigenvalue weighted by atomic mass is 35.5. The molecule has 0 bridgehead atoms. The summed E-state index contributed by atoms with van der Waals surface area (Å²) in [5.74, 6) is -1.59. The Kier molecular flexibility index (Phi) is 6.13. The van der Waals surface area contributed by atoms with E-state index < -0.39 is 18.5 Å². The Hall–Kier alpha value is -2.38. The first-order chi connectivity index (χ1) is 11.1. The predicted octanol–water partition coefficient (Wildman–Crippen LogP) is 2.31. The SMILES string of the molecule is O=C(COC(=O)CNC(=O)c1cccs1)Nc1ccccc1Cl. The molecular weight excluding hydrogens is 340 g/mol. The van der Waals surface area contributed by atoms with Crippen molar-refractivity contribution in [1.29, 1.82) is 0 Å². The number of nitrogens with one attached hydrogen (secondary N) is 2. The van der Waals surface area contributed by atoms with Crippen molar-refractivity contribution in [2.24, 2.45) is 0 Å². The number of rotatable bonds is 6. The van der Waals surface area contributed by atoms with Gasteiger partial charge in [0.2, 0.25) is 0 Å². The summed E-state index contributed by atoms with van der Waals surface area (Å²) in [7, 11) is 0. The van der Waals surface area contributed by atoms with Gasteiger partial charge in [-0.25, -0.2) is 0 Å². The molecule has 0 fully saturated rings. The van der Waals surface area contributed by atoms with Crippen LogP contribution in [0.25, 0.3) is 0 Å². The van der Waals surface area contributed by atoms with Gasteiger partial charge in [0.15, 0.2) is 6.61 Å². The third kappa shape index (κ3) is 5.39. The van der Waals surface area contributed by atoms with Crippen LogP contribution in [-0.2, 0) is 14.3 Å². The lowest BCUT2D eigenvalue weighted by molar-refractivity contribution is -0.146. The van der Waals surface area contributed by atoms with Crippen molar-refractivity contribution < 1.29 is 19.1 Å². The second-order valence-electron chi connectivity index (χ2n) is 4.35. The van der Waals surface area contributed by atoms with E-state index in [1.807, 2.05) is 0 Å². The summed E-state index contributed by atoms with van der Waals surface area (Å²) in [5, 5.41) is 7.07. The van der Waals surface area contributed by atoms with E-state index in [1.165, 1.54) is 11.3 Å². The summed E-state index contributed by atoms with van der Waals surface area (Å²) >= 11 is 7.16. The summed E-state index contributed by atoms with van der Waals surface area (Å²) in [4.78, 5) is 35.3. The van der Waals surface area contributed by atoms with Crippen LogP contribution in [0.4, 0.5) is 5.69 Å². The molecule has 0 aliphatic rings. The number of benzene rings is 1. The van der Waals surface area contributed by atoms with Gasteiger partial charge < -0.3 is 15.4 Å². The maximum absolute atomic E-state index is 11.7. The van der Waals surface area contributed by atoms with Crippen LogP contribution >= 0.6 is 22.9 Å². The summed E-state index contributed by atoms with van der Waals surface area (Å²) in [6, 6.07) is 10.1. The minimum Gasteiger partial charge on any atom is -0.454 e. The molecule has 120 valence electrons. The van der Waals surface area contributed by atoms with Gasteiger partial charge in [0.05, 0.1) is 15.6 Å². The van der Waals surface area contributed by atoms with Crippen molar-refractivity contribution in [1.82, 2.24) is 5.32 Å². The summed E-state index contributed by atoms with van der Waals surface area (Å²) < 4.78 is 4.78. The van der Waals surface area contributed by atoms with Crippen LogP contribution in [0.3, 0.4) is 0 Å². The number of carbonyl (C=O) groups excluding carboxylic acids is 3. The summed E-state index contributed by atoms with van der Waals surface area (Å²) in [6.07, 6.45) is 0. The zero-order valence-corrected chi connectivity index (χ0v) is 13.4. The Balaban J connectivity index is 1.71. The van der Waals surface area contributed by atoms with Crippen molar-refractivity contribution in [3.05, 3.63) is 51.7 Å². The fraction of sp³-hybridized carbons (Fsp3) is 0.133. The second kappa shape index (κ2) is 8.30. The van der Waals surface area contributed by atoms with Gasteiger partial charge in [0.25, 0.3) is 11.8 Å². The average molecular weight is 353 g/mol. The molecule has 6 nitrogen and oxygen atoms in total. The Bertz CT molecular complexity index is 703. The highest BCUT2D eigenvalue weighted by Crippen LogP contribution is 2.20. The quantitative estimate of drug-likeness (QED) is 0.781. The maximum atomic E-state index is 11.7. The van der Waals surface area contributed by atoms with Crippen LogP contribution in [-0.4, -0.2) is 30.9 Å². The minimum atomic E-state index is -0.704. The molecular formula is C15H13ClN2O4S. The fourth-order valence-electron chi connectivity index (χ4n) is 1.59. The molecule has 0 aliphatic carbocycles. The number of anilines is 1. The number of hydrogen-bond acceptors (Lipinski definition) is 5.